The predicted octanol–water partition coefficient (Wildman–Crippen LogP) is 4.29. The Balaban J connectivity index is 1.61. The molecule has 0 saturated heterocycles. The lowest BCUT2D eigenvalue weighted by atomic mass is 9.93. The van der Waals surface area contributed by atoms with Crippen LogP contribution in [0.4, 0.5) is 4.39 Å². The standard InChI is InChI=1S/C25H24FN3O4S/c1-15-22(24(31)33-3)23(17-7-5-9-20(11-17)32-2)29-19(14-34-25(29)28-15)12-21(30)27-13-16-6-4-8-18(26)10-16/h4-11,14,23H,12-13H2,1-3H3,(H,27,30). The molecule has 34 heavy (non-hydrogen) atoms. The molecule has 2 aliphatic rings. The Morgan fingerprint density at radius 3 is 2.71 bits per heavy atom. The second-order valence-electron chi connectivity index (χ2n) is 7.74. The molecule has 0 fully saturated rings. The minimum absolute atomic E-state index is 0.0648. The van der Waals surface area contributed by atoms with Crippen molar-refractivity contribution in [3.05, 3.63) is 87.9 Å². The summed E-state index contributed by atoms with van der Waals surface area (Å²) >= 11 is 1.39. The Kier molecular flexibility index (Phi) is 7.02. The van der Waals surface area contributed by atoms with Crippen LogP contribution in [0.5, 0.6) is 5.75 Å². The number of nitrogens with one attached hydrogen (secondary N) is 1. The van der Waals surface area contributed by atoms with Gasteiger partial charge in [0.2, 0.25) is 5.91 Å². The van der Waals surface area contributed by atoms with Crippen molar-refractivity contribution in [3.63, 3.8) is 0 Å². The first-order valence-corrected chi connectivity index (χ1v) is 11.5. The first kappa shape index (κ1) is 23.6. The summed E-state index contributed by atoms with van der Waals surface area (Å²) in [5.41, 5.74) is 3.13. The zero-order valence-electron chi connectivity index (χ0n) is 19.0. The second-order valence-corrected chi connectivity index (χ2v) is 8.58. The van der Waals surface area contributed by atoms with Gasteiger partial charge in [-0.3, -0.25) is 4.79 Å². The summed E-state index contributed by atoms with van der Waals surface area (Å²) in [6, 6.07) is 13.0. The summed E-state index contributed by atoms with van der Waals surface area (Å²) in [4.78, 5) is 32.0. The number of aliphatic imine (C=N–C) groups is 1. The van der Waals surface area contributed by atoms with Crippen molar-refractivity contribution in [1.29, 1.82) is 0 Å². The molecule has 0 spiro atoms. The van der Waals surface area contributed by atoms with Gasteiger partial charge in [0.15, 0.2) is 5.17 Å². The number of carbonyl (C=O) groups excluding carboxylic acids is 2. The fourth-order valence-electron chi connectivity index (χ4n) is 3.94. The van der Waals surface area contributed by atoms with Crippen molar-refractivity contribution < 1.29 is 23.5 Å². The largest absolute Gasteiger partial charge is 0.497 e. The molecule has 0 bridgehead atoms. The van der Waals surface area contributed by atoms with Crippen molar-refractivity contribution in [2.45, 2.75) is 25.9 Å². The van der Waals surface area contributed by atoms with Crippen LogP contribution >= 0.6 is 11.8 Å². The van der Waals surface area contributed by atoms with Crippen molar-refractivity contribution in [3.8, 4) is 5.75 Å². The maximum Gasteiger partial charge on any atom is 0.338 e. The Hall–Kier alpha value is -3.59. The first-order chi connectivity index (χ1) is 16.4. The van der Waals surface area contributed by atoms with Gasteiger partial charge in [-0.1, -0.05) is 36.0 Å². The Bertz CT molecular complexity index is 1220. The van der Waals surface area contributed by atoms with Crippen molar-refractivity contribution in [1.82, 2.24) is 10.2 Å². The normalized spacial score (nSPS) is 17.1. The number of thioether (sulfide) groups is 1. The molecule has 2 aromatic rings. The molecule has 176 valence electrons. The van der Waals surface area contributed by atoms with Crippen molar-refractivity contribution in [2.75, 3.05) is 14.2 Å². The van der Waals surface area contributed by atoms with E-state index in [-0.39, 0.29) is 24.7 Å². The van der Waals surface area contributed by atoms with Crippen LogP contribution in [-0.2, 0) is 20.9 Å². The molecule has 1 N–H and O–H groups in total. The highest BCUT2D eigenvalue weighted by Gasteiger charge is 2.41. The van der Waals surface area contributed by atoms with Crippen LogP contribution in [0.1, 0.15) is 30.5 Å². The van der Waals surface area contributed by atoms with E-state index >= 15 is 0 Å². The molecule has 7 nitrogen and oxygen atoms in total. The van der Waals surface area contributed by atoms with Gasteiger partial charge in [0.1, 0.15) is 11.6 Å². The van der Waals surface area contributed by atoms with Crippen LogP contribution < -0.4 is 10.1 Å². The van der Waals surface area contributed by atoms with Crippen LogP contribution in [0.3, 0.4) is 0 Å². The van der Waals surface area contributed by atoms with E-state index in [1.54, 1.807) is 26.2 Å². The Morgan fingerprint density at radius 1 is 1.18 bits per heavy atom. The number of nitrogens with zero attached hydrogens (tertiary/aromatic N) is 2. The highest BCUT2D eigenvalue weighted by atomic mass is 32.2. The summed E-state index contributed by atoms with van der Waals surface area (Å²) in [6.07, 6.45) is 0.0648. The number of benzene rings is 2. The van der Waals surface area contributed by atoms with Gasteiger partial charge in [-0.05, 0) is 47.7 Å². The van der Waals surface area contributed by atoms with Gasteiger partial charge in [-0.2, -0.15) is 0 Å². The molecule has 0 radical (unpaired) electrons. The molecule has 2 aromatic carbocycles. The average molecular weight is 482 g/mol. The van der Waals surface area contributed by atoms with Crippen LogP contribution in [0.15, 0.2) is 75.9 Å². The number of methoxy groups -OCH3 is 2. The molecular formula is C25H24FN3O4S. The number of ether oxygens (including phenoxy) is 2. The number of carbonyl (C=O) groups is 2. The molecule has 9 heteroatoms. The predicted molar refractivity (Wildman–Crippen MR) is 128 cm³/mol. The molecule has 0 aliphatic carbocycles. The van der Waals surface area contributed by atoms with E-state index in [0.717, 1.165) is 5.56 Å². The summed E-state index contributed by atoms with van der Waals surface area (Å²) in [5.74, 6) is -0.421. The third kappa shape index (κ3) is 4.84. The number of amidine groups is 1. The minimum Gasteiger partial charge on any atom is -0.497 e. The first-order valence-electron chi connectivity index (χ1n) is 10.6. The summed E-state index contributed by atoms with van der Waals surface area (Å²) in [7, 11) is 2.91. The zero-order chi connectivity index (χ0) is 24.2. The van der Waals surface area contributed by atoms with E-state index in [9.17, 15) is 14.0 Å². The minimum atomic E-state index is -0.535. The molecule has 0 aromatic heterocycles. The maximum atomic E-state index is 13.4. The van der Waals surface area contributed by atoms with E-state index < -0.39 is 12.0 Å². The Labute approximate surface area is 201 Å². The quantitative estimate of drug-likeness (QED) is 0.595. The zero-order valence-corrected chi connectivity index (χ0v) is 19.8. The van der Waals surface area contributed by atoms with Gasteiger partial charge < -0.3 is 19.7 Å². The third-order valence-corrected chi connectivity index (χ3v) is 6.42. The number of hydrogen-bond donors (Lipinski definition) is 1. The van der Waals surface area contributed by atoms with Crippen molar-refractivity contribution >= 4 is 28.8 Å². The lowest BCUT2D eigenvalue weighted by Crippen LogP contribution is -2.37. The molecule has 4 rings (SSSR count). The second kappa shape index (κ2) is 10.1. The summed E-state index contributed by atoms with van der Waals surface area (Å²) in [6.45, 7) is 1.98. The topological polar surface area (TPSA) is 80.2 Å². The lowest BCUT2D eigenvalue weighted by Gasteiger charge is -2.36. The molecule has 2 heterocycles. The number of hydrogen-bond acceptors (Lipinski definition) is 7. The highest BCUT2D eigenvalue weighted by molar-refractivity contribution is 8.16. The number of allylic oxidation sites excluding steroid dienone is 1. The van der Waals surface area contributed by atoms with Gasteiger partial charge in [-0.15, -0.1) is 0 Å². The van der Waals surface area contributed by atoms with Crippen LogP contribution in [-0.4, -0.2) is 36.2 Å². The van der Waals surface area contributed by atoms with Gasteiger partial charge in [0.25, 0.3) is 0 Å². The van der Waals surface area contributed by atoms with Gasteiger partial charge in [0.05, 0.1) is 38.0 Å². The monoisotopic (exact) mass is 481 g/mol. The third-order valence-electron chi connectivity index (χ3n) is 5.54. The van der Waals surface area contributed by atoms with E-state index in [0.29, 0.717) is 33.4 Å². The molecular weight excluding hydrogens is 457 g/mol. The highest BCUT2D eigenvalue weighted by Crippen LogP contribution is 2.45. The van der Waals surface area contributed by atoms with Crippen LogP contribution in [0.25, 0.3) is 0 Å². The van der Waals surface area contributed by atoms with E-state index in [4.69, 9.17) is 9.47 Å². The number of amides is 1. The molecule has 1 atom stereocenters. The fourth-order valence-corrected chi connectivity index (χ4v) is 4.91. The van der Waals surface area contributed by atoms with Gasteiger partial charge >= 0.3 is 5.97 Å². The van der Waals surface area contributed by atoms with E-state index in [1.807, 2.05) is 34.6 Å². The average Bonchev–Trinajstić information content (AvgIpc) is 3.23. The van der Waals surface area contributed by atoms with Crippen molar-refractivity contribution in [2.24, 2.45) is 4.99 Å². The molecule has 1 amide bonds. The number of halogens is 1. The van der Waals surface area contributed by atoms with Crippen LogP contribution in [0, 0.1) is 5.82 Å². The summed E-state index contributed by atoms with van der Waals surface area (Å²) < 4.78 is 23.9. The molecule has 0 saturated carbocycles. The van der Waals surface area contributed by atoms with Gasteiger partial charge in [0, 0.05) is 12.2 Å². The molecule has 2 aliphatic heterocycles. The Morgan fingerprint density at radius 2 is 1.97 bits per heavy atom. The molecule has 1 unspecified atom stereocenters. The van der Waals surface area contributed by atoms with E-state index in [2.05, 4.69) is 10.3 Å². The lowest BCUT2D eigenvalue weighted by molar-refractivity contribution is -0.136. The number of esters is 1. The maximum absolute atomic E-state index is 13.4. The fraction of sp³-hybridized carbons (Fsp3) is 0.240. The van der Waals surface area contributed by atoms with Crippen LogP contribution in [0.2, 0.25) is 0 Å². The van der Waals surface area contributed by atoms with E-state index in [1.165, 1.54) is 31.0 Å². The smallest absolute Gasteiger partial charge is 0.338 e. The summed E-state index contributed by atoms with van der Waals surface area (Å²) in [5, 5.41) is 5.36. The SMILES string of the molecule is COC(=O)C1=C(C)N=C2SC=C(CC(=O)NCc3cccc(F)c3)N2C1c1cccc(OC)c1. The number of rotatable bonds is 7. The van der Waals surface area contributed by atoms with Gasteiger partial charge in [-0.25, -0.2) is 14.2 Å². The number of fused-ring (bicyclic) bond motifs is 1.